The lowest BCUT2D eigenvalue weighted by atomic mass is 10.0. The van der Waals surface area contributed by atoms with Crippen LogP contribution in [0.25, 0.3) is 0 Å². The van der Waals surface area contributed by atoms with Gasteiger partial charge in [0.05, 0.1) is 0 Å². The Balaban J connectivity index is 2.70. The second kappa shape index (κ2) is 4.86. The third-order valence-corrected chi connectivity index (χ3v) is 2.17. The number of ketones is 1. The van der Waals surface area contributed by atoms with Crippen molar-refractivity contribution in [1.82, 2.24) is 4.98 Å². The van der Waals surface area contributed by atoms with E-state index < -0.39 is 0 Å². The molecule has 0 aliphatic carbocycles. The summed E-state index contributed by atoms with van der Waals surface area (Å²) in [6.45, 7) is 3.90. The van der Waals surface area contributed by atoms with Gasteiger partial charge in [0.2, 0.25) is 0 Å². The summed E-state index contributed by atoms with van der Waals surface area (Å²) in [7, 11) is 0. The van der Waals surface area contributed by atoms with Crippen molar-refractivity contribution in [3.05, 3.63) is 29.6 Å². The zero-order valence-electron chi connectivity index (χ0n) is 8.66. The SMILES string of the molecule is CCC(N)CC(=O)c1cncc(C)c1. The van der Waals surface area contributed by atoms with Gasteiger partial charge in [0.1, 0.15) is 0 Å². The van der Waals surface area contributed by atoms with Gasteiger partial charge in [0.25, 0.3) is 0 Å². The van der Waals surface area contributed by atoms with Gasteiger partial charge in [0.15, 0.2) is 5.78 Å². The van der Waals surface area contributed by atoms with E-state index in [1.54, 1.807) is 12.4 Å². The van der Waals surface area contributed by atoms with Crippen LogP contribution in [0.3, 0.4) is 0 Å². The number of aryl methyl sites for hydroxylation is 1. The van der Waals surface area contributed by atoms with Crippen LogP contribution in [0.4, 0.5) is 0 Å². The zero-order chi connectivity index (χ0) is 10.6. The molecule has 2 N–H and O–H groups in total. The maximum atomic E-state index is 11.6. The van der Waals surface area contributed by atoms with E-state index in [1.807, 2.05) is 19.9 Å². The Morgan fingerprint density at radius 3 is 2.86 bits per heavy atom. The van der Waals surface area contributed by atoms with Gasteiger partial charge in [-0.15, -0.1) is 0 Å². The van der Waals surface area contributed by atoms with Crippen molar-refractivity contribution >= 4 is 5.78 Å². The molecule has 76 valence electrons. The van der Waals surface area contributed by atoms with Crippen molar-refractivity contribution in [1.29, 1.82) is 0 Å². The Hall–Kier alpha value is -1.22. The fraction of sp³-hybridized carbons (Fsp3) is 0.455. The number of aromatic nitrogens is 1. The monoisotopic (exact) mass is 192 g/mol. The van der Waals surface area contributed by atoms with Crippen LogP contribution in [0.5, 0.6) is 0 Å². The minimum atomic E-state index is -0.0389. The lowest BCUT2D eigenvalue weighted by Gasteiger charge is -2.07. The maximum absolute atomic E-state index is 11.6. The average molecular weight is 192 g/mol. The zero-order valence-corrected chi connectivity index (χ0v) is 8.66. The van der Waals surface area contributed by atoms with E-state index in [0.717, 1.165) is 12.0 Å². The van der Waals surface area contributed by atoms with Crippen molar-refractivity contribution in [2.45, 2.75) is 32.7 Å². The van der Waals surface area contributed by atoms with Gasteiger partial charge < -0.3 is 5.73 Å². The Morgan fingerprint density at radius 1 is 1.57 bits per heavy atom. The summed E-state index contributed by atoms with van der Waals surface area (Å²) in [5.41, 5.74) is 7.37. The van der Waals surface area contributed by atoms with Crippen molar-refractivity contribution in [3.8, 4) is 0 Å². The summed E-state index contributed by atoms with van der Waals surface area (Å²) in [4.78, 5) is 15.6. The van der Waals surface area contributed by atoms with E-state index in [2.05, 4.69) is 4.98 Å². The summed E-state index contributed by atoms with van der Waals surface area (Å²) in [6, 6.07) is 1.81. The Labute approximate surface area is 84.3 Å². The summed E-state index contributed by atoms with van der Waals surface area (Å²) in [6.07, 6.45) is 4.56. The van der Waals surface area contributed by atoms with Crippen LogP contribution in [0, 0.1) is 6.92 Å². The molecule has 0 amide bonds. The molecule has 0 bridgehead atoms. The molecular weight excluding hydrogens is 176 g/mol. The number of hydrogen-bond donors (Lipinski definition) is 1. The Bertz CT molecular complexity index is 323. The Kier molecular flexibility index (Phi) is 3.77. The lowest BCUT2D eigenvalue weighted by molar-refractivity contribution is 0.0973. The van der Waals surface area contributed by atoms with E-state index in [9.17, 15) is 4.79 Å². The maximum Gasteiger partial charge on any atom is 0.165 e. The smallest absolute Gasteiger partial charge is 0.165 e. The van der Waals surface area contributed by atoms with E-state index in [1.165, 1.54) is 0 Å². The summed E-state index contributed by atoms with van der Waals surface area (Å²) in [5, 5.41) is 0. The molecular formula is C11H16N2O. The van der Waals surface area contributed by atoms with Gasteiger partial charge in [-0.25, -0.2) is 0 Å². The fourth-order valence-corrected chi connectivity index (χ4v) is 1.21. The highest BCUT2D eigenvalue weighted by atomic mass is 16.1. The van der Waals surface area contributed by atoms with Crippen LogP contribution in [0.15, 0.2) is 18.5 Å². The van der Waals surface area contributed by atoms with Crippen LogP contribution < -0.4 is 5.73 Å². The number of Topliss-reactive ketones (excluding diaryl/α,β-unsaturated/α-hetero) is 1. The minimum Gasteiger partial charge on any atom is -0.327 e. The first kappa shape index (κ1) is 10.9. The molecule has 1 atom stereocenters. The third-order valence-electron chi connectivity index (χ3n) is 2.17. The van der Waals surface area contributed by atoms with Gasteiger partial charge in [-0.2, -0.15) is 0 Å². The molecule has 0 saturated heterocycles. The number of carbonyl (C=O) groups excluding carboxylic acids is 1. The predicted molar refractivity (Wildman–Crippen MR) is 56.2 cm³/mol. The van der Waals surface area contributed by atoms with E-state index in [0.29, 0.717) is 12.0 Å². The second-order valence-electron chi connectivity index (χ2n) is 3.55. The van der Waals surface area contributed by atoms with Gasteiger partial charge in [0, 0.05) is 30.4 Å². The number of rotatable bonds is 4. The number of hydrogen-bond acceptors (Lipinski definition) is 3. The molecule has 0 fully saturated rings. The first-order valence-electron chi connectivity index (χ1n) is 4.84. The highest BCUT2D eigenvalue weighted by Gasteiger charge is 2.10. The minimum absolute atomic E-state index is 0.0389. The number of nitrogens with zero attached hydrogens (tertiary/aromatic N) is 1. The number of pyridine rings is 1. The second-order valence-corrected chi connectivity index (χ2v) is 3.55. The van der Waals surface area contributed by atoms with Gasteiger partial charge in [-0.05, 0) is 25.0 Å². The van der Waals surface area contributed by atoms with Crippen LogP contribution in [0.1, 0.15) is 35.7 Å². The first-order valence-corrected chi connectivity index (χ1v) is 4.84. The predicted octanol–water partition coefficient (Wildman–Crippen LogP) is 1.70. The van der Waals surface area contributed by atoms with Crippen molar-refractivity contribution < 1.29 is 4.79 Å². The van der Waals surface area contributed by atoms with Crippen LogP contribution in [0.2, 0.25) is 0 Å². The molecule has 1 unspecified atom stereocenters. The molecule has 3 heteroatoms. The molecule has 14 heavy (non-hydrogen) atoms. The van der Waals surface area contributed by atoms with Gasteiger partial charge in [-0.3, -0.25) is 9.78 Å². The highest BCUT2D eigenvalue weighted by molar-refractivity contribution is 5.96. The Morgan fingerprint density at radius 2 is 2.29 bits per heavy atom. The molecule has 1 aromatic rings. The molecule has 0 aromatic carbocycles. The number of carbonyl (C=O) groups is 1. The normalized spacial score (nSPS) is 12.5. The van der Waals surface area contributed by atoms with Crippen molar-refractivity contribution in [2.75, 3.05) is 0 Å². The molecule has 1 heterocycles. The quantitative estimate of drug-likeness (QED) is 0.739. The third kappa shape index (κ3) is 2.92. The van der Waals surface area contributed by atoms with Gasteiger partial charge >= 0.3 is 0 Å². The topological polar surface area (TPSA) is 56.0 Å². The summed E-state index contributed by atoms with van der Waals surface area (Å²) < 4.78 is 0. The standard InChI is InChI=1S/C11H16N2O/c1-3-10(12)5-11(14)9-4-8(2)6-13-7-9/h4,6-7,10H,3,5,12H2,1-2H3. The molecule has 1 aromatic heterocycles. The van der Waals surface area contributed by atoms with Crippen LogP contribution in [-0.2, 0) is 0 Å². The van der Waals surface area contributed by atoms with Crippen LogP contribution in [-0.4, -0.2) is 16.8 Å². The van der Waals surface area contributed by atoms with Crippen molar-refractivity contribution in [3.63, 3.8) is 0 Å². The van der Waals surface area contributed by atoms with E-state index in [4.69, 9.17) is 5.73 Å². The van der Waals surface area contributed by atoms with E-state index in [-0.39, 0.29) is 11.8 Å². The van der Waals surface area contributed by atoms with E-state index >= 15 is 0 Å². The molecule has 0 saturated carbocycles. The van der Waals surface area contributed by atoms with Gasteiger partial charge in [-0.1, -0.05) is 6.92 Å². The van der Waals surface area contributed by atoms with Crippen molar-refractivity contribution in [2.24, 2.45) is 5.73 Å². The average Bonchev–Trinajstić information content (AvgIpc) is 2.17. The highest BCUT2D eigenvalue weighted by Crippen LogP contribution is 2.07. The van der Waals surface area contributed by atoms with Crippen LogP contribution >= 0.6 is 0 Å². The lowest BCUT2D eigenvalue weighted by Crippen LogP contribution is -2.22. The largest absolute Gasteiger partial charge is 0.327 e. The molecule has 0 radical (unpaired) electrons. The fourth-order valence-electron chi connectivity index (χ4n) is 1.21. The molecule has 3 nitrogen and oxygen atoms in total. The molecule has 0 aliphatic rings. The number of nitrogens with two attached hydrogens (primary N) is 1. The molecule has 0 spiro atoms. The summed E-state index contributed by atoms with van der Waals surface area (Å²) >= 11 is 0. The summed E-state index contributed by atoms with van der Waals surface area (Å²) in [5.74, 6) is 0.0792. The molecule has 0 aliphatic heterocycles. The molecule has 1 rings (SSSR count). The first-order chi connectivity index (χ1) is 6.63.